The summed E-state index contributed by atoms with van der Waals surface area (Å²) in [5, 5.41) is 3.25. The second kappa shape index (κ2) is 7.03. The van der Waals surface area contributed by atoms with Crippen molar-refractivity contribution >= 4 is 22.8 Å². The highest BCUT2D eigenvalue weighted by atomic mass is 16.5. The summed E-state index contributed by atoms with van der Waals surface area (Å²) in [6.45, 7) is 3.31. The molecule has 0 saturated carbocycles. The SMILES string of the molecule is COc1ccc(Nc2ncc3c(n2)n(C2CCOCC2)c(=O)n3C)c(C)c1. The van der Waals surface area contributed by atoms with Gasteiger partial charge in [0.2, 0.25) is 5.95 Å². The van der Waals surface area contributed by atoms with E-state index in [2.05, 4.69) is 15.3 Å². The molecular weight excluding hydrogens is 346 g/mol. The van der Waals surface area contributed by atoms with E-state index in [1.165, 1.54) is 0 Å². The second-order valence-electron chi connectivity index (χ2n) is 6.76. The number of nitrogens with one attached hydrogen (secondary N) is 1. The van der Waals surface area contributed by atoms with Crippen LogP contribution >= 0.6 is 0 Å². The molecule has 0 unspecified atom stereocenters. The van der Waals surface area contributed by atoms with Gasteiger partial charge < -0.3 is 14.8 Å². The minimum absolute atomic E-state index is 0.0658. The van der Waals surface area contributed by atoms with Gasteiger partial charge >= 0.3 is 5.69 Å². The standard InChI is InChI=1S/C19H23N5O3/c1-12-10-14(26-3)4-5-15(12)21-18-20-11-16-17(22-18)24(19(25)23(16)2)13-6-8-27-9-7-13/h4-5,10-11,13H,6-9H2,1-3H3,(H,20,21,22). The number of nitrogens with zero attached hydrogens (tertiary/aromatic N) is 4. The zero-order valence-corrected chi connectivity index (χ0v) is 15.7. The Labute approximate surface area is 156 Å². The summed E-state index contributed by atoms with van der Waals surface area (Å²) < 4.78 is 14.1. The average Bonchev–Trinajstić information content (AvgIpc) is 2.94. The van der Waals surface area contributed by atoms with Gasteiger partial charge in [-0.3, -0.25) is 9.13 Å². The first-order valence-electron chi connectivity index (χ1n) is 9.02. The van der Waals surface area contributed by atoms with Crippen LogP contribution in [0.25, 0.3) is 11.2 Å². The minimum Gasteiger partial charge on any atom is -0.497 e. The molecule has 0 spiro atoms. The quantitative estimate of drug-likeness (QED) is 0.761. The van der Waals surface area contributed by atoms with Crippen LogP contribution in [-0.4, -0.2) is 39.4 Å². The molecule has 1 aromatic carbocycles. The van der Waals surface area contributed by atoms with Crippen molar-refractivity contribution in [3.8, 4) is 5.75 Å². The number of aromatic nitrogens is 4. The van der Waals surface area contributed by atoms with Crippen LogP contribution in [0.4, 0.5) is 11.6 Å². The van der Waals surface area contributed by atoms with Crippen LogP contribution in [0, 0.1) is 6.92 Å². The van der Waals surface area contributed by atoms with Crippen molar-refractivity contribution in [3.05, 3.63) is 40.4 Å². The lowest BCUT2D eigenvalue weighted by Gasteiger charge is -2.22. The molecule has 3 aromatic rings. The number of methoxy groups -OCH3 is 1. The largest absolute Gasteiger partial charge is 0.497 e. The van der Waals surface area contributed by atoms with Gasteiger partial charge in [0.1, 0.15) is 11.3 Å². The number of hydrogen-bond donors (Lipinski definition) is 1. The number of fused-ring (bicyclic) bond motifs is 1. The molecule has 0 radical (unpaired) electrons. The highest BCUT2D eigenvalue weighted by molar-refractivity contribution is 5.73. The van der Waals surface area contributed by atoms with Gasteiger partial charge in [0, 0.05) is 32.0 Å². The smallest absolute Gasteiger partial charge is 0.330 e. The van der Waals surface area contributed by atoms with E-state index in [1.54, 1.807) is 29.5 Å². The molecule has 2 aromatic heterocycles. The number of rotatable bonds is 4. The van der Waals surface area contributed by atoms with Crippen LogP contribution in [0.1, 0.15) is 24.4 Å². The molecule has 1 N–H and O–H groups in total. The van der Waals surface area contributed by atoms with Crippen molar-refractivity contribution in [2.75, 3.05) is 25.6 Å². The summed E-state index contributed by atoms with van der Waals surface area (Å²) in [6.07, 6.45) is 3.31. The second-order valence-corrected chi connectivity index (χ2v) is 6.76. The Morgan fingerprint density at radius 3 is 2.78 bits per heavy atom. The van der Waals surface area contributed by atoms with E-state index < -0.39 is 0 Å². The van der Waals surface area contributed by atoms with Crippen LogP contribution in [0.5, 0.6) is 5.75 Å². The Bertz CT molecular complexity index is 1030. The summed E-state index contributed by atoms with van der Waals surface area (Å²) >= 11 is 0. The van der Waals surface area contributed by atoms with Gasteiger partial charge in [0.15, 0.2) is 5.65 Å². The predicted molar refractivity (Wildman–Crippen MR) is 103 cm³/mol. The Hall–Kier alpha value is -2.87. The van der Waals surface area contributed by atoms with Crippen LogP contribution in [0.2, 0.25) is 0 Å². The van der Waals surface area contributed by atoms with Gasteiger partial charge in [-0.1, -0.05) is 0 Å². The molecule has 1 fully saturated rings. The summed E-state index contributed by atoms with van der Waals surface area (Å²) in [6, 6.07) is 5.86. The van der Waals surface area contributed by atoms with Gasteiger partial charge in [0.25, 0.3) is 0 Å². The fourth-order valence-corrected chi connectivity index (χ4v) is 3.49. The maximum Gasteiger partial charge on any atom is 0.330 e. The van der Waals surface area contributed by atoms with Gasteiger partial charge in [-0.2, -0.15) is 4.98 Å². The molecule has 4 rings (SSSR count). The molecule has 1 saturated heterocycles. The molecule has 0 atom stereocenters. The van der Waals surface area contributed by atoms with Crippen LogP contribution in [0.3, 0.4) is 0 Å². The summed E-state index contributed by atoms with van der Waals surface area (Å²) in [7, 11) is 3.40. The van der Waals surface area contributed by atoms with Gasteiger partial charge in [0.05, 0.1) is 13.3 Å². The van der Waals surface area contributed by atoms with Crippen LogP contribution < -0.4 is 15.7 Å². The molecule has 0 bridgehead atoms. The molecule has 27 heavy (non-hydrogen) atoms. The van der Waals surface area contributed by atoms with Crippen LogP contribution in [0.15, 0.2) is 29.2 Å². The van der Waals surface area contributed by atoms with Crippen molar-refractivity contribution in [2.45, 2.75) is 25.8 Å². The molecule has 0 aliphatic carbocycles. The van der Waals surface area contributed by atoms with E-state index in [-0.39, 0.29) is 11.7 Å². The first-order valence-corrected chi connectivity index (χ1v) is 9.02. The third-order valence-electron chi connectivity index (χ3n) is 5.07. The lowest BCUT2D eigenvalue weighted by molar-refractivity contribution is 0.0695. The molecule has 8 nitrogen and oxygen atoms in total. The number of aryl methyl sites for hydroxylation is 2. The fourth-order valence-electron chi connectivity index (χ4n) is 3.49. The Morgan fingerprint density at radius 1 is 1.30 bits per heavy atom. The zero-order chi connectivity index (χ0) is 19.0. The van der Waals surface area contributed by atoms with Crippen molar-refractivity contribution < 1.29 is 9.47 Å². The number of hydrogen-bond acceptors (Lipinski definition) is 6. The third kappa shape index (κ3) is 3.16. The van der Waals surface area contributed by atoms with E-state index >= 15 is 0 Å². The number of anilines is 2. The Morgan fingerprint density at radius 2 is 2.07 bits per heavy atom. The maximum absolute atomic E-state index is 12.8. The van der Waals surface area contributed by atoms with E-state index in [0.29, 0.717) is 24.8 Å². The lowest BCUT2D eigenvalue weighted by atomic mass is 10.1. The van der Waals surface area contributed by atoms with Crippen molar-refractivity contribution in [1.29, 1.82) is 0 Å². The van der Waals surface area contributed by atoms with Gasteiger partial charge in [-0.15, -0.1) is 0 Å². The first kappa shape index (κ1) is 17.5. The Kier molecular flexibility index (Phi) is 4.57. The molecule has 1 aliphatic heterocycles. The zero-order valence-electron chi connectivity index (χ0n) is 15.7. The minimum atomic E-state index is -0.0658. The van der Waals surface area contributed by atoms with Gasteiger partial charge in [-0.05, 0) is 43.5 Å². The van der Waals surface area contributed by atoms with E-state index in [1.807, 2.05) is 25.1 Å². The monoisotopic (exact) mass is 369 g/mol. The number of ether oxygens (including phenoxy) is 2. The topological polar surface area (TPSA) is 83.2 Å². The molecule has 142 valence electrons. The summed E-state index contributed by atoms with van der Waals surface area (Å²) in [5.74, 6) is 1.26. The van der Waals surface area contributed by atoms with E-state index in [9.17, 15) is 4.79 Å². The van der Waals surface area contributed by atoms with E-state index in [0.717, 1.165) is 35.4 Å². The number of benzene rings is 1. The highest BCUT2D eigenvalue weighted by Gasteiger charge is 2.23. The molecular formula is C19H23N5O3. The fraction of sp³-hybridized carbons (Fsp3) is 0.421. The highest BCUT2D eigenvalue weighted by Crippen LogP contribution is 2.26. The van der Waals surface area contributed by atoms with Crippen molar-refractivity contribution in [3.63, 3.8) is 0 Å². The van der Waals surface area contributed by atoms with Crippen molar-refractivity contribution in [2.24, 2.45) is 7.05 Å². The van der Waals surface area contributed by atoms with E-state index in [4.69, 9.17) is 9.47 Å². The molecule has 1 aliphatic rings. The number of imidazole rings is 1. The maximum atomic E-state index is 12.8. The lowest BCUT2D eigenvalue weighted by Crippen LogP contribution is -2.30. The molecule has 8 heteroatoms. The first-order chi connectivity index (χ1) is 13.1. The third-order valence-corrected chi connectivity index (χ3v) is 5.07. The Balaban J connectivity index is 1.74. The predicted octanol–water partition coefficient (Wildman–Crippen LogP) is 2.54. The molecule has 0 amide bonds. The summed E-state index contributed by atoms with van der Waals surface area (Å²) in [4.78, 5) is 21.8. The van der Waals surface area contributed by atoms with Crippen LogP contribution in [-0.2, 0) is 11.8 Å². The average molecular weight is 369 g/mol. The molecule has 3 heterocycles. The summed E-state index contributed by atoms with van der Waals surface area (Å²) in [5.41, 5.74) is 3.23. The normalized spacial score (nSPS) is 15.2. The van der Waals surface area contributed by atoms with Gasteiger partial charge in [-0.25, -0.2) is 9.78 Å². The van der Waals surface area contributed by atoms with Crippen molar-refractivity contribution in [1.82, 2.24) is 19.1 Å².